The van der Waals surface area contributed by atoms with E-state index in [2.05, 4.69) is 0 Å². The molecule has 2 N–H and O–H groups in total. The summed E-state index contributed by atoms with van der Waals surface area (Å²) in [6.07, 6.45) is -0.144. The number of methoxy groups -OCH3 is 1. The van der Waals surface area contributed by atoms with Gasteiger partial charge in [-0.3, -0.25) is 0 Å². The third-order valence-electron chi connectivity index (χ3n) is 2.36. The molecule has 0 aliphatic carbocycles. The first-order valence-corrected chi connectivity index (χ1v) is 4.93. The van der Waals surface area contributed by atoms with Gasteiger partial charge in [0.15, 0.2) is 0 Å². The zero-order chi connectivity index (χ0) is 11.5. The van der Waals surface area contributed by atoms with Gasteiger partial charge in [0, 0.05) is 11.8 Å². The minimum atomic E-state index is -0.423. The minimum absolute atomic E-state index is 0.144. The first kappa shape index (κ1) is 10.8. The number of esters is 1. The molecule has 86 valence electrons. The van der Waals surface area contributed by atoms with Crippen molar-refractivity contribution in [2.75, 3.05) is 26.1 Å². The molecule has 0 aromatic heterocycles. The maximum atomic E-state index is 11.7. The van der Waals surface area contributed by atoms with E-state index in [0.29, 0.717) is 30.2 Å². The van der Waals surface area contributed by atoms with Crippen molar-refractivity contribution >= 4 is 11.7 Å². The van der Waals surface area contributed by atoms with Gasteiger partial charge in [-0.2, -0.15) is 0 Å². The van der Waals surface area contributed by atoms with Crippen molar-refractivity contribution in [1.82, 2.24) is 0 Å². The summed E-state index contributed by atoms with van der Waals surface area (Å²) in [4.78, 5) is 11.7. The SMILES string of the molecule is COc1ccc(C(=O)OC2COC2)c(N)c1. The van der Waals surface area contributed by atoms with Gasteiger partial charge in [0.1, 0.15) is 11.9 Å². The molecule has 1 aliphatic rings. The lowest BCUT2D eigenvalue weighted by Gasteiger charge is -2.25. The van der Waals surface area contributed by atoms with Gasteiger partial charge in [-0.15, -0.1) is 0 Å². The first-order valence-electron chi connectivity index (χ1n) is 4.93. The molecule has 0 radical (unpaired) electrons. The van der Waals surface area contributed by atoms with Crippen molar-refractivity contribution in [3.63, 3.8) is 0 Å². The van der Waals surface area contributed by atoms with Crippen LogP contribution in [0.2, 0.25) is 0 Å². The average Bonchev–Trinajstić information content (AvgIpc) is 2.23. The number of benzene rings is 1. The normalized spacial score (nSPS) is 15.3. The molecule has 0 unspecified atom stereocenters. The van der Waals surface area contributed by atoms with E-state index >= 15 is 0 Å². The second-order valence-corrected chi connectivity index (χ2v) is 3.52. The van der Waals surface area contributed by atoms with Gasteiger partial charge < -0.3 is 19.9 Å². The quantitative estimate of drug-likeness (QED) is 0.607. The van der Waals surface area contributed by atoms with Crippen LogP contribution in [0.4, 0.5) is 5.69 Å². The fraction of sp³-hybridized carbons (Fsp3) is 0.364. The molecule has 2 rings (SSSR count). The number of ether oxygens (including phenoxy) is 3. The Bertz CT molecular complexity index is 401. The van der Waals surface area contributed by atoms with Gasteiger partial charge in [-0.25, -0.2) is 4.79 Å². The Balaban J connectivity index is 2.09. The van der Waals surface area contributed by atoms with Crippen LogP contribution in [0.25, 0.3) is 0 Å². The molecule has 1 heterocycles. The number of carbonyl (C=O) groups is 1. The molecule has 5 nitrogen and oxygen atoms in total. The molecule has 0 bridgehead atoms. The minimum Gasteiger partial charge on any atom is -0.497 e. The van der Waals surface area contributed by atoms with Crippen molar-refractivity contribution in [1.29, 1.82) is 0 Å². The van der Waals surface area contributed by atoms with Crippen LogP contribution >= 0.6 is 0 Å². The molecular weight excluding hydrogens is 210 g/mol. The van der Waals surface area contributed by atoms with E-state index in [-0.39, 0.29) is 6.10 Å². The predicted molar refractivity (Wildman–Crippen MR) is 57.4 cm³/mol. The fourth-order valence-corrected chi connectivity index (χ4v) is 1.35. The third kappa shape index (κ3) is 2.09. The molecule has 0 saturated carbocycles. The molecule has 16 heavy (non-hydrogen) atoms. The molecule has 0 amide bonds. The van der Waals surface area contributed by atoms with E-state index in [1.807, 2.05) is 0 Å². The molecule has 1 fully saturated rings. The van der Waals surface area contributed by atoms with Crippen LogP contribution < -0.4 is 10.5 Å². The summed E-state index contributed by atoms with van der Waals surface area (Å²) < 4.78 is 15.0. The number of nitrogen functional groups attached to an aromatic ring is 1. The van der Waals surface area contributed by atoms with Crippen LogP contribution in [-0.4, -0.2) is 32.4 Å². The van der Waals surface area contributed by atoms with Gasteiger partial charge in [0.25, 0.3) is 0 Å². The molecule has 0 atom stereocenters. The van der Waals surface area contributed by atoms with Crippen molar-refractivity contribution in [3.05, 3.63) is 23.8 Å². The van der Waals surface area contributed by atoms with Crippen LogP contribution in [0.5, 0.6) is 5.75 Å². The van der Waals surface area contributed by atoms with Crippen molar-refractivity contribution in [2.24, 2.45) is 0 Å². The van der Waals surface area contributed by atoms with E-state index in [0.717, 1.165) is 0 Å². The maximum Gasteiger partial charge on any atom is 0.340 e. The Morgan fingerprint density at radius 1 is 1.50 bits per heavy atom. The summed E-state index contributed by atoms with van der Waals surface area (Å²) in [5, 5.41) is 0. The summed E-state index contributed by atoms with van der Waals surface area (Å²) >= 11 is 0. The van der Waals surface area contributed by atoms with Crippen LogP contribution in [0.15, 0.2) is 18.2 Å². The van der Waals surface area contributed by atoms with E-state index in [9.17, 15) is 4.79 Å². The highest BCUT2D eigenvalue weighted by Crippen LogP contribution is 2.21. The summed E-state index contributed by atoms with van der Waals surface area (Å²) in [7, 11) is 1.54. The van der Waals surface area contributed by atoms with Crippen molar-refractivity contribution < 1.29 is 19.0 Å². The van der Waals surface area contributed by atoms with E-state index < -0.39 is 5.97 Å². The van der Waals surface area contributed by atoms with E-state index in [4.69, 9.17) is 19.9 Å². The topological polar surface area (TPSA) is 70.8 Å². The lowest BCUT2D eigenvalue weighted by atomic mass is 10.1. The van der Waals surface area contributed by atoms with Crippen molar-refractivity contribution in [2.45, 2.75) is 6.10 Å². The number of rotatable bonds is 3. The number of nitrogens with two attached hydrogens (primary N) is 1. The van der Waals surface area contributed by atoms with Gasteiger partial charge in [-0.05, 0) is 12.1 Å². The van der Waals surface area contributed by atoms with Gasteiger partial charge in [0.2, 0.25) is 0 Å². The Morgan fingerprint density at radius 3 is 2.75 bits per heavy atom. The molecule has 1 aromatic carbocycles. The average molecular weight is 223 g/mol. The van der Waals surface area contributed by atoms with Crippen LogP contribution in [-0.2, 0) is 9.47 Å². The second kappa shape index (κ2) is 4.40. The Hall–Kier alpha value is -1.75. The van der Waals surface area contributed by atoms with Crippen LogP contribution in [0, 0.1) is 0 Å². The van der Waals surface area contributed by atoms with Gasteiger partial charge >= 0.3 is 5.97 Å². The highest BCUT2D eigenvalue weighted by molar-refractivity contribution is 5.95. The number of anilines is 1. The number of hydrogen-bond acceptors (Lipinski definition) is 5. The maximum absolute atomic E-state index is 11.7. The molecular formula is C11H13NO4. The highest BCUT2D eigenvalue weighted by atomic mass is 16.6. The Labute approximate surface area is 93.1 Å². The van der Waals surface area contributed by atoms with Gasteiger partial charge in [0.05, 0.1) is 25.9 Å². The zero-order valence-electron chi connectivity index (χ0n) is 8.93. The van der Waals surface area contributed by atoms with Crippen LogP contribution in [0.1, 0.15) is 10.4 Å². The predicted octanol–water partition coefficient (Wildman–Crippen LogP) is 0.833. The largest absolute Gasteiger partial charge is 0.497 e. The zero-order valence-corrected chi connectivity index (χ0v) is 8.93. The first-order chi connectivity index (χ1) is 7.70. The summed E-state index contributed by atoms with van der Waals surface area (Å²) in [6.45, 7) is 0.920. The van der Waals surface area contributed by atoms with Crippen molar-refractivity contribution in [3.8, 4) is 5.75 Å². The smallest absolute Gasteiger partial charge is 0.340 e. The Morgan fingerprint density at radius 2 is 2.25 bits per heavy atom. The fourth-order valence-electron chi connectivity index (χ4n) is 1.35. The molecule has 0 spiro atoms. The molecule has 5 heteroatoms. The summed E-state index contributed by atoms with van der Waals surface area (Å²) in [5.41, 5.74) is 6.43. The van der Waals surface area contributed by atoms with Crippen LogP contribution in [0.3, 0.4) is 0 Å². The molecule has 1 saturated heterocycles. The second-order valence-electron chi connectivity index (χ2n) is 3.52. The van der Waals surface area contributed by atoms with E-state index in [1.165, 1.54) is 0 Å². The monoisotopic (exact) mass is 223 g/mol. The lowest BCUT2D eigenvalue weighted by Crippen LogP contribution is -2.37. The van der Waals surface area contributed by atoms with Gasteiger partial charge in [-0.1, -0.05) is 0 Å². The van der Waals surface area contributed by atoms with E-state index in [1.54, 1.807) is 25.3 Å². The molecule has 1 aromatic rings. The number of hydrogen-bond donors (Lipinski definition) is 1. The summed E-state index contributed by atoms with van der Waals surface area (Å²) in [6, 6.07) is 4.86. The molecule has 1 aliphatic heterocycles. The highest BCUT2D eigenvalue weighted by Gasteiger charge is 2.24. The third-order valence-corrected chi connectivity index (χ3v) is 2.36. The lowest BCUT2D eigenvalue weighted by molar-refractivity contribution is -0.103. The summed E-state index contributed by atoms with van der Waals surface area (Å²) in [5.74, 6) is 0.189. The number of carbonyl (C=O) groups excluding carboxylic acids is 1. The Kier molecular flexibility index (Phi) is 2.96. The standard InChI is InChI=1S/C11H13NO4/c1-14-7-2-3-9(10(12)4-7)11(13)16-8-5-15-6-8/h2-4,8H,5-6,12H2,1H3.